The first kappa shape index (κ1) is 19.8. The second kappa shape index (κ2) is 9.33. The van der Waals surface area contributed by atoms with Crippen molar-refractivity contribution in [2.75, 3.05) is 17.2 Å². The van der Waals surface area contributed by atoms with Crippen LogP contribution in [-0.2, 0) is 12.8 Å². The van der Waals surface area contributed by atoms with Crippen LogP contribution in [0.3, 0.4) is 0 Å². The number of carbonyl (C=O) groups excluding carboxylic acids is 1. The van der Waals surface area contributed by atoms with E-state index in [1.54, 1.807) is 0 Å². The molecule has 6 heteroatoms. The topological polar surface area (TPSA) is 66.9 Å². The highest BCUT2D eigenvalue weighted by atomic mass is 35.5. The van der Waals surface area contributed by atoms with Crippen molar-refractivity contribution < 1.29 is 4.79 Å². The Hall–Kier alpha value is -2.92. The summed E-state index contributed by atoms with van der Waals surface area (Å²) in [7, 11) is 0. The Morgan fingerprint density at radius 2 is 1.79 bits per heavy atom. The third kappa shape index (κ3) is 5.08. The van der Waals surface area contributed by atoms with Gasteiger partial charge in [0.05, 0.1) is 5.56 Å². The summed E-state index contributed by atoms with van der Waals surface area (Å²) in [4.78, 5) is 21.0. The summed E-state index contributed by atoms with van der Waals surface area (Å²) >= 11 is 5.89. The number of rotatable bonds is 7. The van der Waals surface area contributed by atoms with Gasteiger partial charge in [0.25, 0.3) is 5.91 Å². The van der Waals surface area contributed by atoms with Crippen molar-refractivity contribution in [3.8, 4) is 0 Å². The van der Waals surface area contributed by atoms with Crippen LogP contribution in [0.2, 0.25) is 5.02 Å². The highest BCUT2D eigenvalue weighted by Gasteiger charge is 2.11. The van der Waals surface area contributed by atoms with Gasteiger partial charge >= 0.3 is 0 Å². The van der Waals surface area contributed by atoms with E-state index in [0.29, 0.717) is 18.1 Å². The van der Waals surface area contributed by atoms with Crippen LogP contribution in [-0.4, -0.2) is 22.4 Å². The lowest BCUT2D eigenvalue weighted by atomic mass is 10.1. The van der Waals surface area contributed by atoms with E-state index < -0.39 is 0 Å². The smallest absolute Gasteiger partial charge is 0.258 e. The Morgan fingerprint density at radius 1 is 1.07 bits per heavy atom. The van der Waals surface area contributed by atoms with Crippen LogP contribution < -0.4 is 10.6 Å². The second-order valence-electron chi connectivity index (χ2n) is 6.52. The highest BCUT2D eigenvalue weighted by molar-refractivity contribution is 6.30. The van der Waals surface area contributed by atoms with Gasteiger partial charge in [-0.25, -0.2) is 9.97 Å². The van der Waals surface area contributed by atoms with E-state index in [1.165, 1.54) is 18.0 Å². The number of benzene rings is 2. The second-order valence-corrected chi connectivity index (χ2v) is 6.95. The third-order valence-electron chi connectivity index (χ3n) is 4.50. The predicted octanol–water partition coefficient (Wildman–Crippen LogP) is 4.91. The van der Waals surface area contributed by atoms with Crippen molar-refractivity contribution in [3.05, 3.63) is 82.1 Å². The molecule has 28 heavy (non-hydrogen) atoms. The first-order chi connectivity index (χ1) is 13.6. The molecule has 5 nitrogen and oxygen atoms in total. The molecule has 2 aromatic carbocycles. The Morgan fingerprint density at radius 3 is 2.46 bits per heavy atom. The Kier molecular flexibility index (Phi) is 6.61. The predicted molar refractivity (Wildman–Crippen MR) is 114 cm³/mol. The Bertz CT molecular complexity index is 940. The molecule has 0 atom stereocenters. The Balaban J connectivity index is 1.58. The van der Waals surface area contributed by atoms with Gasteiger partial charge in [-0.05, 0) is 48.6 Å². The monoisotopic (exact) mass is 394 g/mol. The fraction of sp³-hybridized carbons (Fsp3) is 0.227. The SMILES string of the molecule is CCc1cccc(C)c1NC(=O)c1cnc(NCCc2ccc(Cl)cc2)nc1. The van der Waals surface area contributed by atoms with Crippen LogP contribution in [0.1, 0.15) is 34.0 Å². The van der Waals surface area contributed by atoms with Gasteiger partial charge in [-0.3, -0.25) is 4.79 Å². The fourth-order valence-electron chi connectivity index (χ4n) is 2.89. The maximum absolute atomic E-state index is 12.5. The van der Waals surface area contributed by atoms with Crippen molar-refractivity contribution in [2.45, 2.75) is 26.7 Å². The van der Waals surface area contributed by atoms with E-state index in [1.807, 2.05) is 49.4 Å². The molecular weight excluding hydrogens is 372 g/mol. The van der Waals surface area contributed by atoms with Crippen LogP contribution in [0.4, 0.5) is 11.6 Å². The molecule has 0 aliphatic rings. The summed E-state index contributed by atoms with van der Waals surface area (Å²) in [6, 6.07) is 13.7. The van der Waals surface area contributed by atoms with Gasteiger partial charge in [-0.2, -0.15) is 0 Å². The average Bonchev–Trinajstić information content (AvgIpc) is 2.71. The van der Waals surface area contributed by atoms with E-state index in [9.17, 15) is 4.79 Å². The largest absolute Gasteiger partial charge is 0.354 e. The van der Waals surface area contributed by atoms with Crippen LogP contribution in [0.5, 0.6) is 0 Å². The van der Waals surface area contributed by atoms with Gasteiger partial charge in [0, 0.05) is 29.6 Å². The van der Waals surface area contributed by atoms with Gasteiger partial charge in [-0.15, -0.1) is 0 Å². The maximum Gasteiger partial charge on any atom is 0.258 e. The minimum Gasteiger partial charge on any atom is -0.354 e. The lowest BCUT2D eigenvalue weighted by Crippen LogP contribution is -2.16. The molecule has 144 valence electrons. The molecule has 0 radical (unpaired) electrons. The number of nitrogens with one attached hydrogen (secondary N) is 2. The molecular formula is C22H23ClN4O. The van der Waals surface area contributed by atoms with Crippen LogP contribution in [0, 0.1) is 6.92 Å². The van der Waals surface area contributed by atoms with Crippen molar-refractivity contribution in [1.82, 2.24) is 9.97 Å². The summed E-state index contributed by atoms with van der Waals surface area (Å²) in [6.07, 6.45) is 4.76. The normalized spacial score (nSPS) is 10.5. The molecule has 3 aromatic rings. The third-order valence-corrected chi connectivity index (χ3v) is 4.75. The number of halogens is 1. The summed E-state index contributed by atoms with van der Waals surface area (Å²) in [6.45, 7) is 4.74. The first-order valence-corrected chi connectivity index (χ1v) is 9.65. The molecule has 0 saturated carbocycles. The number of para-hydroxylation sites is 1. The standard InChI is InChI=1S/C22H23ClN4O/c1-3-17-6-4-5-15(2)20(17)27-21(28)18-13-25-22(26-14-18)24-12-11-16-7-9-19(23)10-8-16/h4-10,13-14H,3,11-12H2,1-2H3,(H,27,28)(H,24,25,26). The molecule has 0 unspecified atom stereocenters. The van der Waals surface area contributed by atoms with E-state index in [4.69, 9.17) is 11.6 Å². The van der Waals surface area contributed by atoms with E-state index in [0.717, 1.165) is 34.7 Å². The fourth-order valence-corrected chi connectivity index (χ4v) is 3.02. The number of amides is 1. The number of nitrogens with zero attached hydrogens (tertiary/aromatic N) is 2. The van der Waals surface area contributed by atoms with Gasteiger partial charge in [0.2, 0.25) is 5.95 Å². The van der Waals surface area contributed by atoms with Crippen molar-refractivity contribution >= 4 is 29.1 Å². The molecule has 0 fully saturated rings. The lowest BCUT2D eigenvalue weighted by molar-refractivity contribution is 0.102. The van der Waals surface area contributed by atoms with Crippen molar-refractivity contribution in [2.24, 2.45) is 0 Å². The van der Waals surface area contributed by atoms with Crippen LogP contribution in [0.15, 0.2) is 54.9 Å². The zero-order chi connectivity index (χ0) is 19.9. The zero-order valence-electron chi connectivity index (χ0n) is 16.0. The number of aromatic nitrogens is 2. The summed E-state index contributed by atoms with van der Waals surface area (Å²) < 4.78 is 0. The van der Waals surface area contributed by atoms with E-state index >= 15 is 0 Å². The van der Waals surface area contributed by atoms with E-state index in [2.05, 4.69) is 27.5 Å². The molecule has 0 aliphatic carbocycles. The number of aryl methyl sites for hydroxylation is 2. The number of hydrogen-bond donors (Lipinski definition) is 2. The van der Waals surface area contributed by atoms with Crippen LogP contribution in [0.25, 0.3) is 0 Å². The molecule has 2 N–H and O–H groups in total. The van der Waals surface area contributed by atoms with Gasteiger partial charge in [0.15, 0.2) is 0 Å². The Labute approximate surface area is 170 Å². The summed E-state index contributed by atoms with van der Waals surface area (Å²) in [5, 5.41) is 6.88. The molecule has 3 rings (SSSR count). The highest BCUT2D eigenvalue weighted by Crippen LogP contribution is 2.21. The summed E-state index contributed by atoms with van der Waals surface area (Å²) in [5.74, 6) is 0.285. The molecule has 0 bridgehead atoms. The molecule has 1 heterocycles. The minimum absolute atomic E-state index is 0.211. The minimum atomic E-state index is -0.211. The van der Waals surface area contributed by atoms with Crippen molar-refractivity contribution in [3.63, 3.8) is 0 Å². The number of anilines is 2. The van der Waals surface area contributed by atoms with Crippen LogP contribution >= 0.6 is 11.6 Å². The van der Waals surface area contributed by atoms with Crippen molar-refractivity contribution in [1.29, 1.82) is 0 Å². The molecule has 0 spiro atoms. The maximum atomic E-state index is 12.5. The average molecular weight is 395 g/mol. The van der Waals surface area contributed by atoms with Gasteiger partial charge < -0.3 is 10.6 Å². The molecule has 1 aromatic heterocycles. The van der Waals surface area contributed by atoms with Gasteiger partial charge in [0.1, 0.15) is 0 Å². The quantitative estimate of drug-likeness (QED) is 0.597. The zero-order valence-corrected chi connectivity index (χ0v) is 16.8. The van der Waals surface area contributed by atoms with E-state index in [-0.39, 0.29) is 5.91 Å². The van der Waals surface area contributed by atoms with Gasteiger partial charge in [-0.1, -0.05) is 48.9 Å². The first-order valence-electron chi connectivity index (χ1n) is 9.27. The summed E-state index contributed by atoms with van der Waals surface area (Å²) in [5.41, 5.74) is 4.61. The number of carbonyl (C=O) groups is 1. The molecule has 0 saturated heterocycles. The molecule has 0 aliphatic heterocycles. The number of hydrogen-bond acceptors (Lipinski definition) is 4. The lowest BCUT2D eigenvalue weighted by Gasteiger charge is -2.13. The molecule has 1 amide bonds.